The van der Waals surface area contributed by atoms with Crippen molar-refractivity contribution in [2.75, 3.05) is 6.54 Å². The molecule has 2 amide bonds. The van der Waals surface area contributed by atoms with E-state index in [1.807, 2.05) is 25.1 Å². The lowest BCUT2D eigenvalue weighted by molar-refractivity contribution is -0.132. The van der Waals surface area contributed by atoms with Crippen LogP contribution in [0.2, 0.25) is 0 Å². The van der Waals surface area contributed by atoms with Crippen molar-refractivity contribution < 1.29 is 9.59 Å². The van der Waals surface area contributed by atoms with Gasteiger partial charge in [0, 0.05) is 25.3 Å². The van der Waals surface area contributed by atoms with Crippen molar-refractivity contribution in [1.82, 2.24) is 10.3 Å². The second kappa shape index (κ2) is 10.7. The average molecular weight is 406 g/mol. The van der Waals surface area contributed by atoms with E-state index >= 15 is 0 Å². The van der Waals surface area contributed by atoms with Crippen LogP contribution in [0.5, 0.6) is 0 Å². The van der Waals surface area contributed by atoms with Crippen LogP contribution in [0.4, 0.5) is 0 Å². The zero-order valence-corrected chi connectivity index (χ0v) is 17.9. The van der Waals surface area contributed by atoms with Gasteiger partial charge in [-0.25, -0.2) is 5.01 Å². The van der Waals surface area contributed by atoms with Crippen molar-refractivity contribution in [3.05, 3.63) is 71.3 Å². The van der Waals surface area contributed by atoms with Crippen molar-refractivity contribution in [2.24, 2.45) is 5.10 Å². The highest BCUT2D eigenvalue weighted by Crippen LogP contribution is 2.16. The normalized spacial score (nSPS) is 14.9. The SMILES string of the molecule is CCc1ccc(C2=NN(CCC(=O)N[C@H](C)CCc3ccccc3)C(=O)CC2)cc1. The molecule has 3 rings (SSSR count). The van der Waals surface area contributed by atoms with Gasteiger partial charge < -0.3 is 5.32 Å². The predicted octanol–water partition coefficient (Wildman–Crippen LogP) is 4.10. The van der Waals surface area contributed by atoms with Gasteiger partial charge >= 0.3 is 0 Å². The lowest BCUT2D eigenvalue weighted by atomic mass is 10.0. The summed E-state index contributed by atoms with van der Waals surface area (Å²) < 4.78 is 0. The monoisotopic (exact) mass is 405 g/mol. The smallest absolute Gasteiger partial charge is 0.243 e. The number of rotatable bonds is 9. The van der Waals surface area contributed by atoms with E-state index in [2.05, 4.69) is 53.7 Å². The third-order valence-electron chi connectivity index (χ3n) is 5.47. The maximum atomic E-state index is 12.3. The van der Waals surface area contributed by atoms with E-state index in [1.54, 1.807) is 0 Å². The van der Waals surface area contributed by atoms with Crippen LogP contribution in [-0.2, 0) is 22.4 Å². The van der Waals surface area contributed by atoms with Gasteiger partial charge in [0.2, 0.25) is 11.8 Å². The summed E-state index contributed by atoms with van der Waals surface area (Å²) in [6.07, 6.45) is 4.14. The Labute approximate surface area is 179 Å². The quantitative estimate of drug-likeness (QED) is 0.683. The molecular formula is C25H31N3O2. The van der Waals surface area contributed by atoms with E-state index in [1.165, 1.54) is 16.1 Å². The number of carbonyl (C=O) groups is 2. The van der Waals surface area contributed by atoms with E-state index in [9.17, 15) is 9.59 Å². The molecule has 0 aliphatic carbocycles. The summed E-state index contributed by atoms with van der Waals surface area (Å²) in [4.78, 5) is 24.6. The number of hydrogen-bond acceptors (Lipinski definition) is 3. The molecule has 158 valence electrons. The topological polar surface area (TPSA) is 61.8 Å². The minimum atomic E-state index is -0.0435. The number of benzene rings is 2. The largest absolute Gasteiger partial charge is 0.354 e. The molecule has 2 aromatic rings. The van der Waals surface area contributed by atoms with Crippen LogP contribution < -0.4 is 5.32 Å². The molecule has 0 unspecified atom stereocenters. The van der Waals surface area contributed by atoms with Crippen LogP contribution in [-0.4, -0.2) is 35.1 Å². The second-order valence-corrected chi connectivity index (χ2v) is 7.86. The fourth-order valence-electron chi connectivity index (χ4n) is 3.57. The van der Waals surface area contributed by atoms with Gasteiger partial charge in [-0.05, 0) is 42.9 Å². The van der Waals surface area contributed by atoms with Gasteiger partial charge in [-0.1, -0.05) is 61.5 Å². The first-order chi connectivity index (χ1) is 14.5. The van der Waals surface area contributed by atoms with Crippen LogP contribution in [0.1, 0.15) is 56.2 Å². The summed E-state index contributed by atoms with van der Waals surface area (Å²) in [7, 11) is 0. The second-order valence-electron chi connectivity index (χ2n) is 7.86. The Morgan fingerprint density at radius 3 is 2.50 bits per heavy atom. The molecule has 1 aliphatic rings. The van der Waals surface area contributed by atoms with Crippen LogP contribution in [0.25, 0.3) is 0 Å². The van der Waals surface area contributed by atoms with Gasteiger partial charge in [0.05, 0.1) is 12.3 Å². The molecule has 5 heteroatoms. The van der Waals surface area contributed by atoms with Gasteiger partial charge in [0.1, 0.15) is 0 Å². The van der Waals surface area contributed by atoms with Gasteiger partial charge in [-0.3, -0.25) is 9.59 Å². The minimum absolute atomic E-state index is 0.0196. The zero-order chi connectivity index (χ0) is 21.3. The number of hydrazone groups is 1. The van der Waals surface area contributed by atoms with Crippen molar-refractivity contribution in [3.63, 3.8) is 0 Å². The first kappa shape index (κ1) is 21.8. The Kier molecular flexibility index (Phi) is 7.77. The number of nitrogens with zero attached hydrogens (tertiary/aromatic N) is 2. The molecule has 0 bridgehead atoms. The Bertz CT molecular complexity index is 875. The van der Waals surface area contributed by atoms with Gasteiger partial charge in [0.15, 0.2) is 0 Å². The Balaban J connectivity index is 1.49. The summed E-state index contributed by atoms with van der Waals surface area (Å²) in [5.41, 5.74) is 4.50. The van der Waals surface area contributed by atoms with Crippen molar-refractivity contribution in [2.45, 2.75) is 58.4 Å². The van der Waals surface area contributed by atoms with Crippen molar-refractivity contribution in [1.29, 1.82) is 0 Å². The molecule has 0 fully saturated rings. The first-order valence-corrected chi connectivity index (χ1v) is 10.9. The maximum Gasteiger partial charge on any atom is 0.243 e. The van der Waals surface area contributed by atoms with Gasteiger partial charge in [-0.2, -0.15) is 5.10 Å². The molecular weight excluding hydrogens is 374 g/mol. The summed E-state index contributed by atoms with van der Waals surface area (Å²) in [5, 5.41) is 9.03. The average Bonchev–Trinajstić information content (AvgIpc) is 2.78. The minimum Gasteiger partial charge on any atom is -0.354 e. The number of carbonyl (C=O) groups excluding carboxylic acids is 2. The molecule has 30 heavy (non-hydrogen) atoms. The number of nitrogens with one attached hydrogen (secondary N) is 1. The van der Waals surface area contributed by atoms with Crippen molar-refractivity contribution >= 4 is 17.5 Å². The molecule has 1 aliphatic heterocycles. The van der Waals surface area contributed by atoms with Crippen LogP contribution >= 0.6 is 0 Å². The first-order valence-electron chi connectivity index (χ1n) is 10.9. The van der Waals surface area contributed by atoms with E-state index in [-0.39, 0.29) is 24.3 Å². The Morgan fingerprint density at radius 1 is 1.07 bits per heavy atom. The van der Waals surface area contributed by atoms with E-state index < -0.39 is 0 Å². The molecule has 2 aromatic carbocycles. The lowest BCUT2D eigenvalue weighted by Crippen LogP contribution is -2.38. The van der Waals surface area contributed by atoms with Crippen LogP contribution in [0.3, 0.4) is 0 Å². The van der Waals surface area contributed by atoms with Crippen LogP contribution in [0, 0.1) is 0 Å². The van der Waals surface area contributed by atoms with E-state index in [0.29, 0.717) is 19.4 Å². The standard InChI is InChI=1S/C25H31N3O2/c1-3-20-11-13-22(14-12-20)23-15-16-25(30)28(27-23)18-17-24(29)26-19(2)9-10-21-7-5-4-6-8-21/h4-8,11-14,19H,3,9-10,15-18H2,1-2H3,(H,26,29)/t19-/m1/s1. The number of aryl methyl sites for hydroxylation is 2. The highest BCUT2D eigenvalue weighted by Gasteiger charge is 2.22. The highest BCUT2D eigenvalue weighted by molar-refractivity contribution is 6.04. The molecule has 0 radical (unpaired) electrons. The zero-order valence-electron chi connectivity index (χ0n) is 17.9. The van der Waals surface area contributed by atoms with Crippen molar-refractivity contribution in [3.8, 4) is 0 Å². The summed E-state index contributed by atoms with van der Waals surface area (Å²) >= 11 is 0. The van der Waals surface area contributed by atoms with Gasteiger partial charge in [-0.15, -0.1) is 0 Å². The number of amides is 2. The third kappa shape index (κ3) is 6.28. The van der Waals surface area contributed by atoms with E-state index in [0.717, 1.165) is 30.5 Å². The third-order valence-corrected chi connectivity index (χ3v) is 5.47. The fraction of sp³-hybridized carbons (Fsp3) is 0.400. The fourth-order valence-corrected chi connectivity index (χ4v) is 3.57. The molecule has 1 N–H and O–H groups in total. The van der Waals surface area contributed by atoms with Crippen LogP contribution in [0.15, 0.2) is 59.7 Å². The maximum absolute atomic E-state index is 12.3. The Morgan fingerprint density at radius 2 is 1.80 bits per heavy atom. The molecule has 0 saturated heterocycles. The molecule has 5 nitrogen and oxygen atoms in total. The molecule has 0 aromatic heterocycles. The van der Waals surface area contributed by atoms with Gasteiger partial charge in [0.25, 0.3) is 0 Å². The highest BCUT2D eigenvalue weighted by atomic mass is 16.2. The molecule has 1 atom stereocenters. The molecule has 0 spiro atoms. The Hall–Kier alpha value is -2.95. The molecule has 0 saturated carbocycles. The predicted molar refractivity (Wildman–Crippen MR) is 120 cm³/mol. The summed E-state index contributed by atoms with van der Waals surface area (Å²) in [6, 6.07) is 18.7. The molecule has 1 heterocycles. The summed E-state index contributed by atoms with van der Waals surface area (Å²) in [5.74, 6) is -0.0631. The summed E-state index contributed by atoms with van der Waals surface area (Å²) in [6.45, 7) is 4.46. The number of hydrogen-bond donors (Lipinski definition) is 1. The van der Waals surface area contributed by atoms with E-state index in [4.69, 9.17) is 0 Å². The lowest BCUT2D eigenvalue weighted by Gasteiger charge is -2.24.